The van der Waals surface area contributed by atoms with E-state index in [9.17, 15) is 0 Å². The third-order valence-corrected chi connectivity index (χ3v) is 3.40. The minimum atomic E-state index is 0.0974. The Hall–Kier alpha value is -1.55. The van der Waals surface area contributed by atoms with E-state index in [-0.39, 0.29) is 6.61 Å². The van der Waals surface area contributed by atoms with Crippen LogP contribution in [0.2, 0.25) is 5.02 Å². The molecule has 0 aliphatic rings. The third kappa shape index (κ3) is 4.46. The molecule has 0 aliphatic carbocycles. The smallest absolute Gasteiger partial charge is 0.133 e. The predicted molar refractivity (Wildman–Crippen MR) is 86.1 cm³/mol. The summed E-state index contributed by atoms with van der Waals surface area (Å²) in [5.41, 5.74) is 2.04. The minimum Gasteiger partial charge on any atom is -0.457 e. The van der Waals surface area contributed by atoms with E-state index in [4.69, 9.17) is 21.4 Å². The molecule has 0 amide bonds. The van der Waals surface area contributed by atoms with Gasteiger partial charge in [-0.15, -0.1) is 0 Å². The molecule has 0 heterocycles. The average Bonchev–Trinajstić information content (AvgIpc) is 2.49. The van der Waals surface area contributed by atoms with Crippen LogP contribution < -0.4 is 10.1 Å². The maximum atomic E-state index is 9.14. The van der Waals surface area contributed by atoms with Crippen molar-refractivity contribution in [1.29, 1.82) is 0 Å². The molecule has 0 aromatic heterocycles. The van der Waals surface area contributed by atoms with Gasteiger partial charge in [0, 0.05) is 23.7 Å². The van der Waals surface area contributed by atoms with E-state index in [1.54, 1.807) is 0 Å². The van der Waals surface area contributed by atoms with Gasteiger partial charge in [0.25, 0.3) is 0 Å². The quantitative estimate of drug-likeness (QED) is 0.818. The van der Waals surface area contributed by atoms with Crippen LogP contribution in [0.15, 0.2) is 42.5 Å². The van der Waals surface area contributed by atoms with Crippen molar-refractivity contribution < 1.29 is 9.84 Å². The maximum absolute atomic E-state index is 9.14. The molecule has 0 spiro atoms. The summed E-state index contributed by atoms with van der Waals surface area (Å²) in [4.78, 5) is 0. The molecule has 21 heavy (non-hydrogen) atoms. The normalized spacial score (nSPS) is 10.6. The molecule has 0 atom stereocenters. The summed E-state index contributed by atoms with van der Waals surface area (Å²) >= 11 is 6.08. The summed E-state index contributed by atoms with van der Waals surface area (Å²) in [6.07, 6.45) is 0.569. The summed E-state index contributed by atoms with van der Waals surface area (Å²) < 4.78 is 6.04. The summed E-state index contributed by atoms with van der Waals surface area (Å²) in [5.74, 6) is 1.50. The van der Waals surface area contributed by atoms with E-state index in [0.717, 1.165) is 35.7 Å². The first kappa shape index (κ1) is 15.8. The standard InChI is InChI=1S/C17H20ClNO2/c1-2-19-12-14-7-8-15(18)11-17(14)21-16-6-4-3-5-13(16)9-10-20/h3-8,11,19-20H,2,9-10,12H2,1H3. The summed E-state index contributed by atoms with van der Waals surface area (Å²) in [5, 5.41) is 13.1. The van der Waals surface area contributed by atoms with Crippen LogP contribution in [0.3, 0.4) is 0 Å². The molecular formula is C17H20ClNO2. The molecule has 0 fully saturated rings. The highest BCUT2D eigenvalue weighted by Gasteiger charge is 2.09. The highest BCUT2D eigenvalue weighted by molar-refractivity contribution is 6.30. The molecule has 0 radical (unpaired) electrons. The average molecular weight is 306 g/mol. The van der Waals surface area contributed by atoms with Gasteiger partial charge in [0.2, 0.25) is 0 Å². The van der Waals surface area contributed by atoms with Crippen molar-refractivity contribution in [3.05, 3.63) is 58.6 Å². The van der Waals surface area contributed by atoms with Gasteiger partial charge >= 0.3 is 0 Å². The number of aliphatic hydroxyl groups is 1. The number of nitrogens with one attached hydrogen (secondary N) is 1. The van der Waals surface area contributed by atoms with Crippen LogP contribution in [0.1, 0.15) is 18.1 Å². The van der Waals surface area contributed by atoms with E-state index in [0.29, 0.717) is 11.4 Å². The number of halogens is 1. The van der Waals surface area contributed by atoms with Crippen LogP contribution >= 0.6 is 11.6 Å². The second-order valence-electron chi connectivity index (χ2n) is 4.72. The Morgan fingerprint density at radius 1 is 1.10 bits per heavy atom. The number of hydrogen-bond donors (Lipinski definition) is 2. The van der Waals surface area contributed by atoms with Gasteiger partial charge in [-0.1, -0.05) is 42.8 Å². The molecule has 0 aliphatic heterocycles. The van der Waals surface area contributed by atoms with E-state index in [1.165, 1.54) is 0 Å². The van der Waals surface area contributed by atoms with E-state index in [1.807, 2.05) is 42.5 Å². The van der Waals surface area contributed by atoms with Crippen LogP contribution in [0.4, 0.5) is 0 Å². The third-order valence-electron chi connectivity index (χ3n) is 3.17. The molecule has 2 N–H and O–H groups in total. The zero-order valence-corrected chi connectivity index (χ0v) is 12.9. The maximum Gasteiger partial charge on any atom is 0.133 e. The lowest BCUT2D eigenvalue weighted by Crippen LogP contribution is -2.12. The zero-order chi connectivity index (χ0) is 15.1. The SMILES string of the molecule is CCNCc1ccc(Cl)cc1Oc1ccccc1CCO. The Bertz CT molecular complexity index is 587. The van der Waals surface area contributed by atoms with Gasteiger partial charge in [0.05, 0.1) is 0 Å². The van der Waals surface area contributed by atoms with Gasteiger partial charge in [0.1, 0.15) is 11.5 Å². The van der Waals surface area contributed by atoms with Crippen LogP contribution in [0.5, 0.6) is 11.5 Å². The van der Waals surface area contributed by atoms with Crippen molar-refractivity contribution in [3.63, 3.8) is 0 Å². The molecule has 2 aromatic carbocycles. The van der Waals surface area contributed by atoms with Gasteiger partial charge in [0.15, 0.2) is 0 Å². The molecule has 2 rings (SSSR count). The van der Waals surface area contributed by atoms with Crippen LogP contribution in [-0.2, 0) is 13.0 Å². The van der Waals surface area contributed by atoms with Crippen molar-refractivity contribution in [2.24, 2.45) is 0 Å². The Morgan fingerprint density at radius 2 is 1.90 bits per heavy atom. The summed E-state index contributed by atoms with van der Waals surface area (Å²) in [6.45, 7) is 3.78. The lowest BCUT2D eigenvalue weighted by Gasteiger charge is -2.14. The number of para-hydroxylation sites is 1. The monoisotopic (exact) mass is 305 g/mol. The fourth-order valence-electron chi connectivity index (χ4n) is 2.08. The van der Waals surface area contributed by atoms with Crippen LogP contribution in [-0.4, -0.2) is 18.3 Å². The molecular weight excluding hydrogens is 286 g/mol. The first-order valence-electron chi connectivity index (χ1n) is 7.10. The van der Waals surface area contributed by atoms with E-state index in [2.05, 4.69) is 12.2 Å². The minimum absolute atomic E-state index is 0.0974. The molecule has 0 saturated carbocycles. The number of hydrogen-bond acceptors (Lipinski definition) is 3. The molecule has 112 valence electrons. The molecule has 2 aromatic rings. The van der Waals surface area contributed by atoms with Gasteiger partial charge in [-0.2, -0.15) is 0 Å². The van der Waals surface area contributed by atoms with E-state index >= 15 is 0 Å². The first-order chi connectivity index (χ1) is 10.2. The first-order valence-corrected chi connectivity index (χ1v) is 7.48. The number of aliphatic hydroxyl groups excluding tert-OH is 1. The van der Waals surface area contributed by atoms with Gasteiger partial charge < -0.3 is 15.2 Å². The predicted octanol–water partition coefficient (Wildman–Crippen LogP) is 3.78. The van der Waals surface area contributed by atoms with Crippen LogP contribution in [0.25, 0.3) is 0 Å². The number of benzene rings is 2. The highest BCUT2D eigenvalue weighted by atomic mass is 35.5. The van der Waals surface area contributed by atoms with Crippen LogP contribution in [0, 0.1) is 0 Å². The molecule has 3 nitrogen and oxygen atoms in total. The Balaban J connectivity index is 2.27. The second kappa shape index (κ2) is 8.03. The largest absolute Gasteiger partial charge is 0.457 e. The number of rotatable bonds is 7. The van der Waals surface area contributed by atoms with E-state index < -0.39 is 0 Å². The lowest BCUT2D eigenvalue weighted by atomic mass is 10.1. The summed E-state index contributed by atoms with van der Waals surface area (Å²) in [6, 6.07) is 13.4. The second-order valence-corrected chi connectivity index (χ2v) is 5.15. The molecule has 0 unspecified atom stereocenters. The van der Waals surface area contributed by atoms with Gasteiger partial charge in [-0.3, -0.25) is 0 Å². The Morgan fingerprint density at radius 3 is 2.67 bits per heavy atom. The summed E-state index contributed by atoms with van der Waals surface area (Å²) in [7, 11) is 0. The van der Waals surface area contributed by atoms with Crippen molar-refractivity contribution in [2.45, 2.75) is 19.9 Å². The molecule has 0 bridgehead atoms. The molecule has 4 heteroatoms. The van der Waals surface area contributed by atoms with Crippen molar-refractivity contribution in [2.75, 3.05) is 13.2 Å². The fourth-order valence-corrected chi connectivity index (χ4v) is 2.24. The fraction of sp³-hybridized carbons (Fsp3) is 0.294. The van der Waals surface area contributed by atoms with Crippen molar-refractivity contribution in [3.8, 4) is 11.5 Å². The molecule has 0 saturated heterocycles. The Labute approximate surface area is 130 Å². The topological polar surface area (TPSA) is 41.5 Å². The van der Waals surface area contributed by atoms with Crippen molar-refractivity contribution >= 4 is 11.6 Å². The number of ether oxygens (including phenoxy) is 1. The van der Waals surface area contributed by atoms with Gasteiger partial charge in [-0.05, 0) is 36.7 Å². The van der Waals surface area contributed by atoms with Gasteiger partial charge in [-0.25, -0.2) is 0 Å². The lowest BCUT2D eigenvalue weighted by molar-refractivity contribution is 0.298. The van der Waals surface area contributed by atoms with Crippen molar-refractivity contribution in [1.82, 2.24) is 5.32 Å². The Kier molecular flexibility index (Phi) is 6.05. The zero-order valence-electron chi connectivity index (χ0n) is 12.1. The highest BCUT2D eigenvalue weighted by Crippen LogP contribution is 2.30.